The maximum atomic E-state index is 10.6. The Balaban J connectivity index is 1.28. The van der Waals surface area contributed by atoms with E-state index >= 15 is 0 Å². The molecular formula is C45H25N5. The first kappa shape index (κ1) is 28.8. The molecule has 50 heavy (non-hydrogen) atoms. The second-order valence-corrected chi connectivity index (χ2v) is 12.2. The topological polar surface area (TPSA) is 42.4 Å². The number of aromatic nitrogens is 2. The molecule has 5 heteroatoms. The fourth-order valence-corrected chi connectivity index (χ4v) is 7.49. The zero-order chi connectivity index (χ0) is 33.8. The maximum absolute atomic E-state index is 10.6. The van der Waals surface area contributed by atoms with Gasteiger partial charge in [-0.1, -0.05) is 109 Å². The Morgan fingerprint density at radius 1 is 0.480 bits per heavy atom. The van der Waals surface area contributed by atoms with Crippen LogP contribution in [0, 0.1) is 24.5 Å². The summed E-state index contributed by atoms with van der Waals surface area (Å²) in [6.45, 7) is 15.9. The molecule has 0 bridgehead atoms. The van der Waals surface area contributed by atoms with E-state index in [-0.39, 0.29) is 0 Å². The molecule has 0 fully saturated rings. The van der Waals surface area contributed by atoms with E-state index in [1.165, 1.54) is 0 Å². The van der Waals surface area contributed by atoms with Gasteiger partial charge in [-0.05, 0) is 70.1 Å². The minimum Gasteiger partial charge on any atom is -0.318 e. The summed E-state index contributed by atoms with van der Waals surface area (Å²) in [7, 11) is 0. The van der Waals surface area contributed by atoms with E-state index in [1.807, 2.05) is 91.0 Å². The molecule has 0 amide bonds. The standard InChI is InChI=1S/C45H25N5/c1-47-31-23-25-44-38(27-31)36-16-7-10-21-43(36)50(44)45-37(17-11-18-39(45)48-2)33-13-4-3-12-32(33)29-22-24-40(30(26-29)28-46)49-41-19-8-5-14-34(41)35-15-6-9-20-42(35)49/h3-27H. The Labute approximate surface area is 288 Å². The summed E-state index contributed by atoms with van der Waals surface area (Å²) in [6.07, 6.45) is 0. The van der Waals surface area contributed by atoms with E-state index in [4.69, 9.17) is 13.1 Å². The molecule has 0 saturated heterocycles. The van der Waals surface area contributed by atoms with Gasteiger partial charge in [0.1, 0.15) is 6.07 Å². The van der Waals surface area contributed by atoms with Crippen LogP contribution in [0.15, 0.2) is 152 Å². The molecule has 0 atom stereocenters. The van der Waals surface area contributed by atoms with Crippen LogP contribution in [0.25, 0.3) is 86.9 Å². The lowest BCUT2D eigenvalue weighted by atomic mass is 9.92. The van der Waals surface area contributed by atoms with E-state index in [2.05, 4.69) is 85.6 Å². The normalized spacial score (nSPS) is 11.1. The summed E-state index contributed by atoms with van der Waals surface area (Å²) in [6, 6.07) is 53.1. The Morgan fingerprint density at radius 3 is 1.72 bits per heavy atom. The van der Waals surface area contributed by atoms with Gasteiger partial charge >= 0.3 is 0 Å². The summed E-state index contributed by atoms with van der Waals surface area (Å²) >= 11 is 0. The average molecular weight is 636 g/mol. The van der Waals surface area contributed by atoms with Crippen LogP contribution in [0.5, 0.6) is 0 Å². The Morgan fingerprint density at radius 2 is 1.06 bits per heavy atom. The molecule has 0 unspecified atom stereocenters. The molecule has 230 valence electrons. The zero-order valence-electron chi connectivity index (χ0n) is 26.7. The Bertz CT molecular complexity index is 2920. The number of para-hydroxylation sites is 4. The van der Waals surface area contributed by atoms with Crippen LogP contribution in [0.1, 0.15) is 5.56 Å². The smallest absolute Gasteiger partial charge is 0.211 e. The van der Waals surface area contributed by atoms with Gasteiger partial charge in [0.05, 0.1) is 52.1 Å². The van der Waals surface area contributed by atoms with Gasteiger partial charge in [0.2, 0.25) is 5.69 Å². The van der Waals surface area contributed by atoms with Crippen LogP contribution in [0.2, 0.25) is 0 Å². The van der Waals surface area contributed by atoms with Gasteiger partial charge < -0.3 is 9.13 Å². The fourth-order valence-electron chi connectivity index (χ4n) is 7.49. The lowest BCUT2D eigenvalue weighted by Gasteiger charge is -2.19. The van der Waals surface area contributed by atoms with Crippen molar-refractivity contribution in [3.8, 4) is 39.7 Å². The number of rotatable bonds is 4. The second kappa shape index (κ2) is 11.4. The van der Waals surface area contributed by atoms with Crippen molar-refractivity contribution in [2.75, 3.05) is 0 Å². The largest absolute Gasteiger partial charge is 0.318 e. The van der Waals surface area contributed by atoms with E-state index < -0.39 is 0 Å². The van der Waals surface area contributed by atoms with Crippen molar-refractivity contribution < 1.29 is 0 Å². The van der Waals surface area contributed by atoms with Gasteiger partial charge in [-0.25, -0.2) is 9.69 Å². The number of fused-ring (bicyclic) bond motifs is 6. The SMILES string of the molecule is [C-]#[N+]c1ccc2c(c1)c1ccccc1n2-c1c([N+]#[C-])cccc1-c1ccccc1-c1ccc(-n2c3ccccc3c3ccccc32)c(C#N)c1. The van der Waals surface area contributed by atoms with Crippen molar-refractivity contribution in [3.05, 3.63) is 180 Å². The highest BCUT2D eigenvalue weighted by Gasteiger charge is 2.21. The lowest BCUT2D eigenvalue weighted by molar-refractivity contribution is 1.17. The molecule has 0 aliphatic heterocycles. The predicted octanol–water partition coefficient (Wildman–Crippen LogP) is 12.2. The Hall–Kier alpha value is -7.39. The third kappa shape index (κ3) is 4.24. The third-order valence-corrected chi connectivity index (χ3v) is 9.61. The molecule has 0 aliphatic carbocycles. The van der Waals surface area contributed by atoms with Crippen LogP contribution in [0.3, 0.4) is 0 Å². The number of hydrogen-bond acceptors (Lipinski definition) is 1. The highest BCUT2D eigenvalue weighted by Crippen LogP contribution is 2.44. The lowest BCUT2D eigenvalue weighted by Crippen LogP contribution is -2.00. The van der Waals surface area contributed by atoms with Gasteiger partial charge in [-0.15, -0.1) is 0 Å². The van der Waals surface area contributed by atoms with Crippen LogP contribution < -0.4 is 0 Å². The zero-order valence-corrected chi connectivity index (χ0v) is 26.7. The first-order valence-electron chi connectivity index (χ1n) is 16.2. The summed E-state index contributed by atoms with van der Waals surface area (Å²) in [5.41, 5.74) is 11.0. The van der Waals surface area contributed by atoms with Crippen molar-refractivity contribution in [2.45, 2.75) is 0 Å². The number of hydrogen-bond donors (Lipinski definition) is 0. The molecule has 9 aromatic rings. The van der Waals surface area contributed by atoms with Crippen LogP contribution in [-0.2, 0) is 0 Å². The third-order valence-electron chi connectivity index (χ3n) is 9.61. The van der Waals surface area contributed by atoms with Crippen LogP contribution in [-0.4, -0.2) is 9.13 Å². The van der Waals surface area contributed by atoms with E-state index in [9.17, 15) is 5.26 Å². The molecular weight excluding hydrogens is 611 g/mol. The highest BCUT2D eigenvalue weighted by molar-refractivity contribution is 6.12. The van der Waals surface area contributed by atoms with E-state index in [0.29, 0.717) is 16.9 Å². The van der Waals surface area contributed by atoms with Gasteiger partial charge in [-0.3, -0.25) is 0 Å². The first-order chi connectivity index (χ1) is 24.7. The average Bonchev–Trinajstić information content (AvgIpc) is 3.69. The molecule has 0 spiro atoms. The van der Waals surface area contributed by atoms with Gasteiger partial charge in [0.15, 0.2) is 5.69 Å². The van der Waals surface area contributed by atoms with Crippen LogP contribution in [0.4, 0.5) is 11.4 Å². The van der Waals surface area contributed by atoms with Crippen molar-refractivity contribution in [1.82, 2.24) is 9.13 Å². The molecule has 2 aromatic heterocycles. The quantitative estimate of drug-likeness (QED) is 0.177. The van der Waals surface area contributed by atoms with Crippen molar-refractivity contribution in [3.63, 3.8) is 0 Å². The van der Waals surface area contributed by atoms with Gasteiger partial charge in [0.25, 0.3) is 0 Å². The number of nitrogens with zero attached hydrogens (tertiary/aromatic N) is 5. The minimum atomic E-state index is 0.522. The van der Waals surface area contributed by atoms with Crippen molar-refractivity contribution >= 4 is 55.0 Å². The van der Waals surface area contributed by atoms with Gasteiger partial charge in [0, 0.05) is 16.2 Å². The molecule has 5 nitrogen and oxygen atoms in total. The maximum Gasteiger partial charge on any atom is 0.211 e. The van der Waals surface area contributed by atoms with E-state index in [0.717, 1.165) is 77.2 Å². The molecule has 7 aromatic carbocycles. The predicted molar refractivity (Wildman–Crippen MR) is 203 cm³/mol. The molecule has 0 aliphatic rings. The van der Waals surface area contributed by atoms with E-state index in [1.54, 1.807) is 0 Å². The monoisotopic (exact) mass is 635 g/mol. The summed E-state index contributed by atoms with van der Waals surface area (Å²) in [5.74, 6) is 0. The first-order valence-corrected chi connectivity index (χ1v) is 16.2. The molecule has 9 rings (SSSR count). The summed E-state index contributed by atoms with van der Waals surface area (Å²) in [4.78, 5) is 7.70. The van der Waals surface area contributed by atoms with Gasteiger partial charge in [-0.2, -0.15) is 5.26 Å². The number of nitriles is 1. The van der Waals surface area contributed by atoms with Crippen molar-refractivity contribution in [2.24, 2.45) is 0 Å². The van der Waals surface area contributed by atoms with Crippen molar-refractivity contribution in [1.29, 1.82) is 5.26 Å². The summed E-state index contributed by atoms with van der Waals surface area (Å²) < 4.78 is 4.34. The second-order valence-electron chi connectivity index (χ2n) is 12.2. The molecule has 2 heterocycles. The fraction of sp³-hybridized carbons (Fsp3) is 0. The molecule has 0 N–H and O–H groups in total. The number of benzene rings is 7. The summed E-state index contributed by atoms with van der Waals surface area (Å²) in [5, 5.41) is 14.8. The molecule has 0 radical (unpaired) electrons. The molecule has 0 saturated carbocycles. The highest BCUT2D eigenvalue weighted by atomic mass is 15.0. The minimum absolute atomic E-state index is 0.522. The van der Waals surface area contributed by atoms with Crippen LogP contribution >= 0.6 is 0 Å². The Kier molecular flexibility index (Phi) is 6.56.